The zero-order chi connectivity index (χ0) is 14.4. The van der Waals surface area contributed by atoms with Gasteiger partial charge in [0.05, 0.1) is 12.6 Å². The summed E-state index contributed by atoms with van der Waals surface area (Å²) in [5.41, 5.74) is 2.03. The molecule has 110 valence electrons. The van der Waals surface area contributed by atoms with Crippen molar-refractivity contribution in [3.05, 3.63) is 24.0 Å². The number of imidazole rings is 1. The average molecular weight is 297 g/mol. The number of aromatic nitrogens is 2. The zero-order valence-corrected chi connectivity index (χ0v) is 12.8. The van der Waals surface area contributed by atoms with E-state index in [0.29, 0.717) is 5.88 Å². The Bertz CT molecular complexity index is 554. The molecule has 0 saturated carbocycles. The maximum Gasteiger partial charge on any atom is 0.146 e. The Morgan fingerprint density at radius 1 is 1.25 bits per heavy atom. The van der Waals surface area contributed by atoms with Gasteiger partial charge in [-0.25, -0.2) is 4.98 Å². The summed E-state index contributed by atoms with van der Waals surface area (Å²) in [7, 11) is 3.41. The van der Waals surface area contributed by atoms with E-state index >= 15 is 0 Å². The molecule has 0 radical (unpaired) electrons. The maximum atomic E-state index is 5.89. The normalized spacial score (nSPS) is 11.2. The van der Waals surface area contributed by atoms with Gasteiger partial charge in [-0.3, -0.25) is 0 Å². The molecule has 1 aromatic carbocycles. The van der Waals surface area contributed by atoms with Crippen molar-refractivity contribution in [1.29, 1.82) is 0 Å². The Balaban J connectivity index is 2.31. The molecule has 2 aromatic rings. The number of nitrogens with zero attached hydrogens (tertiary/aromatic N) is 2. The van der Waals surface area contributed by atoms with Crippen LogP contribution in [-0.4, -0.2) is 36.3 Å². The van der Waals surface area contributed by atoms with Gasteiger partial charge < -0.3 is 14.0 Å². The quantitative estimate of drug-likeness (QED) is 0.554. The summed E-state index contributed by atoms with van der Waals surface area (Å²) in [5, 5.41) is 0. The highest BCUT2D eigenvalue weighted by Crippen LogP contribution is 2.26. The van der Waals surface area contributed by atoms with Crippen LogP contribution in [0.4, 0.5) is 0 Å². The summed E-state index contributed by atoms with van der Waals surface area (Å²) in [6.45, 7) is 1.72. The summed E-state index contributed by atoms with van der Waals surface area (Å²) in [6, 6.07) is 6.02. The van der Waals surface area contributed by atoms with E-state index in [1.807, 2.05) is 12.1 Å². The van der Waals surface area contributed by atoms with Crippen LogP contribution in [0.25, 0.3) is 11.0 Å². The van der Waals surface area contributed by atoms with Gasteiger partial charge in [0.1, 0.15) is 17.1 Å². The number of unbranched alkanes of at least 4 members (excludes halogenated alkanes) is 1. The van der Waals surface area contributed by atoms with Crippen molar-refractivity contribution < 1.29 is 9.47 Å². The van der Waals surface area contributed by atoms with Crippen LogP contribution >= 0.6 is 11.6 Å². The molecule has 0 aliphatic carbocycles. The minimum absolute atomic E-state index is 0.573. The molecule has 0 aliphatic rings. The van der Waals surface area contributed by atoms with Crippen LogP contribution in [0.1, 0.15) is 18.7 Å². The lowest BCUT2D eigenvalue weighted by molar-refractivity contribution is 0.191. The van der Waals surface area contributed by atoms with Crippen molar-refractivity contribution in [2.75, 3.05) is 26.7 Å². The minimum Gasteiger partial charge on any atom is -0.494 e. The number of ether oxygens (including phenoxy) is 2. The minimum atomic E-state index is 0.573. The fourth-order valence-electron chi connectivity index (χ4n) is 2.38. The van der Waals surface area contributed by atoms with Gasteiger partial charge in [0, 0.05) is 32.6 Å². The largest absolute Gasteiger partial charge is 0.494 e. The lowest BCUT2D eigenvalue weighted by Crippen LogP contribution is -2.05. The highest BCUT2D eigenvalue weighted by molar-refractivity contribution is 6.17. The highest BCUT2D eigenvalue weighted by Gasteiger charge is 2.13. The van der Waals surface area contributed by atoms with Crippen LogP contribution in [-0.2, 0) is 17.7 Å². The molecular formula is C15H21ClN2O2. The van der Waals surface area contributed by atoms with Gasteiger partial charge >= 0.3 is 0 Å². The lowest BCUT2D eigenvalue weighted by atomic mass is 10.2. The maximum absolute atomic E-state index is 5.89. The molecule has 1 heterocycles. The van der Waals surface area contributed by atoms with E-state index < -0.39 is 0 Å². The number of benzene rings is 1. The van der Waals surface area contributed by atoms with E-state index in [0.717, 1.165) is 55.0 Å². The molecule has 0 N–H and O–H groups in total. The predicted octanol–water partition coefficient (Wildman–Crippen LogP) is 3.25. The number of hydrogen-bond acceptors (Lipinski definition) is 3. The smallest absolute Gasteiger partial charge is 0.146 e. The van der Waals surface area contributed by atoms with Crippen LogP contribution in [0.15, 0.2) is 18.2 Å². The van der Waals surface area contributed by atoms with Crippen LogP contribution in [0.5, 0.6) is 5.75 Å². The van der Waals surface area contributed by atoms with E-state index in [1.54, 1.807) is 14.2 Å². The van der Waals surface area contributed by atoms with Crippen molar-refractivity contribution in [1.82, 2.24) is 9.55 Å². The highest BCUT2D eigenvalue weighted by atomic mass is 35.5. The van der Waals surface area contributed by atoms with Gasteiger partial charge in [-0.2, -0.15) is 0 Å². The summed E-state index contributed by atoms with van der Waals surface area (Å²) in [4.78, 5) is 4.69. The van der Waals surface area contributed by atoms with Crippen molar-refractivity contribution >= 4 is 22.6 Å². The Morgan fingerprint density at radius 3 is 2.80 bits per heavy atom. The Kier molecular flexibility index (Phi) is 5.68. The molecule has 20 heavy (non-hydrogen) atoms. The number of alkyl halides is 1. The third-order valence-corrected chi connectivity index (χ3v) is 3.53. The molecule has 1 aromatic heterocycles. The first-order chi connectivity index (χ1) is 9.81. The first-order valence-corrected chi connectivity index (χ1v) is 7.42. The third-order valence-electron chi connectivity index (χ3n) is 3.34. The fraction of sp³-hybridized carbons (Fsp3) is 0.533. The van der Waals surface area contributed by atoms with Crippen LogP contribution in [0, 0.1) is 0 Å². The molecule has 0 amide bonds. The Morgan fingerprint density at radius 2 is 2.10 bits per heavy atom. The van der Waals surface area contributed by atoms with Gasteiger partial charge in [-0.05, 0) is 25.0 Å². The molecule has 5 heteroatoms. The van der Waals surface area contributed by atoms with Crippen molar-refractivity contribution in [2.45, 2.75) is 25.8 Å². The number of fused-ring (bicyclic) bond motifs is 1. The lowest BCUT2D eigenvalue weighted by Gasteiger charge is -2.08. The SMILES string of the molecule is COCCCCn1c(CCCl)nc2c(OC)cccc21. The molecule has 4 nitrogen and oxygen atoms in total. The monoisotopic (exact) mass is 296 g/mol. The third kappa shape index (κ3) is 3.25. The standard InChI is InChI=1S/C15H21ClN2O2/c1-19-11-4-3-10-18-12-6-5-7-13(20-2)15(12)17-14(18)8-9-16/h5-7H,3-4,8-11H2,1-2H3. The Hall–Kier alpha value is -1.26. The summed E-state index contributed by atoms with van der Waals surface area (Å²) < 4.78 is 12.7. The summed E-state index contributed by atoms with van der Waals surface area (Å²) in [5.74, 6) is 2.41. The second kappa shape index (κ2) is 7.50. The van der Waals surface area contributed by atoms with E-state index in [1.165, 1.54) is 0 Å². The molecule has 0 atom stereocenters. The molecule has 0 aliphatic heterocycles. The van der Waals surface area contributed by atoms with Crippen LogP contribution in [0.2, 0.25) is 0 Å². The summed E-state index contributed by atoms with van der Waals surface area (Å²) >= 11 is 5.89. The topological polar surface area (TPSA) is 36.3 Å². The predicted molar refractivity (Wildman–Crippen MR) is 81.8 cm³/mol. The fourth-order valence-corrected chi connectivity index (χ4v) is 2.54. The van der Waals surface area contributed by atoms with Crippen molar-refractivity contribution in [3.63, 3.8) is 0 Å². The molecule has 0 saturated heterocycles. The second-order valence-electron chi connectivity index (χ2n) is 4.65. The molecule has 2 rings (SSSR count). The first-order valence-electron chi connectivity index (χ1n) is 6.88. The van der Waals surface area contributed by atoms with Gasteiger partial charge in [0.2, 0.25) is 0 Å². The number of hydrogen-bond donors (Lipinski definition) is 0. The van der Waals surface area contributed by atoms with E-state index in [-0.39, 0.29) is 0 Å². The van der Waals surface area contributed by atoms with Crippen molar-refractivity contribution in [3.8, 4) is 5.75 Å². The second-order valence-corrected chi connectivity index (χ2v) is 5.02. The number of para-hydroxylation sites is 1. The summed E-state index contributed by atoms with van der Waals surface area (Å²) in [6.07, 6.45) is 2.87. The number of methoxy groups -OCH3 is 2. The van der Waals surface area contributed by atoms with Crippen LogP contribution < -0.4 is 4.74 Å². The molecule has 0 bridgehead atoms. The zero-order valence-electron chi connectivity index (χ0n) is 12.1. The van der Waals surface area contributed by atoms with Gasteiger partial charge in [0.25, 0.3) is 0 Å². The van der Waals surface area contributed by atoms with Crippen LogP contribution in [0.3, 0.4) is 0 Å². The number of halogens is 1. The number of aryl methyl sites for hydroxylation is 2. The van der Waals surface area contributed by atoms with Gasteiger partial charge in [-0.15, -0.1) is 11.6 Å². The van der Waals surface area contributed by atoms with Crippen molar-refractivity contribution in [2.24, 2.45) is 0 Å². The Labute approximate surface area is 124 Å². The van der Waals surface area contributed by atoms with E-state index in [4.69, 9.17) is 26.1 Å². The van der Waals surface area contributed by atoms with E-state index in [2.05, 4.69) is 10.6 Å². The molecular weight excluding hydrogens is 276 g/mol. The average Bonchev–Trinajstić information content (AvgIpc) is 2.82. The molecule has 0 spiro atoms. The van der Waals surface area contributed by atoms with Gasteiger partial charge in [-0.1, -0.05) is 6.07 Å². The van der Waals surface area contributed by atoms with Gasteiger partial charge in [0.15, 0.2) is 0 Å². The molecule has 0 unspecified atom stereocenters. The first kappa shape index (κ1) is 15.1. The number of rotatable bonds is 8. The van der Waals surface area contributed by atoms with E-state index in [9.17, 15) is 0 Å². The molecule has 0 fully saturated rings.